The zero-order valence-corrected chi connectivity index (χ0v) is 14.5. The maximum absolute atomic E-state index is 13.3. The van der Waals surface area contributed by atoms with E-state index in [9.17, 15) is 4.79 Å². The van der Waals surface area contributed by atoms with Crippen molar-refractivity contribution in [2.24, 2.45) is 0 Å². The molecular weight excluding hydrogens is 314 g/mol. The van der Waals surface area contributed by atoms with Crippen LogP contribution in [0.1, 0.15) is 29.4 Å². The molecule has 0 N–H and O–H groups in total. The Balaban J connectivity index is 1.77. The third kappa shape index (κ3) is 2.63. The van der Waals surface area contributed by atoms with Crippen molar-refractivity contribution in [1.29, 1.82) is 0 Å². The Bertz CT molecular complexity index is 919. The van der Waals surface area contributed by atoms with Crippen LogP contribution >= 0.6 is 0 Å². The first kappa shape index (κ1) is 15.6. The molecule has 6 nitrogen and oxygen atoms in total. The standard InChI is InChI=1S/C19H21N5O/c1-3-15-13-22(2)16-7-5-4-6-14(16)12-24(15)19(25)17-18-21-9-11-23(18)10-8-20-17/h4-11,15H,3,12-13H2,1-2H3/t15-/m1/s1. The van der Waals surface area contributed by atoms with E-state index in [1.807, 2.05) is 33.8 Å². The van der Waals surface area contributed by atoms with Crippen LogP contribution in [0.4, 0.5) is 5.69 Å². The number of hydrogen-bond donors (Lipinski definition) is 0. The zero-order chi connectivity index (χ0) is 17.4. The number of aromatic nitrogens is 3. The van der Waals surface area contributed by atoms with Crippen LogP contribution < -0.4 is 4.90 Å². The molecule has 3 aromatic rings. The van der Waals surface area contributed by atoms with E-state index in [1.54, 1.807) is 12.4 Å². The van der Waals surface area contributed by atoms with Gasteiger partial charge in [-0.25, -0.2) is 9.97 Å². The summed E-state index contributed by atoms with van der Waals surface area (Å²) in [5.41, 5.74) is 3.36. The lowest BCUT2D eigenvalue weighted by atomic mass is 10.1. The lowest BCUT2D eigenvalue weighted by Crippen LogP contribution is -2.43. The maximum atomic E-state index is 13.3. The third-order valence-corrected chi connectivity index (χ3v) is 4.91. The number of rotatable bonds is 2. The first-order valence-corrected chi connectivity index (χ1v) is 8.56. The first-order valence-electron chi connectivity index (χ1n) is 8.56. The molecule has 4 rings (SSSR count). The van der Waals surface area contributed by atoms with E-state index in [2.05, 4.69) is 41.0 Å². The second-order valence-corrected chi connectivity index (χ2v) is 6.44. The Kier molecular flexibility index (Phi) is 3.87. The summed E-state index contributed by atoms with van der Waals surface area (Å²) >= 11 is 0. The van der Waals surface area contributed by atoms with Gasteiger partial charge in [-0.05, 0) is 18.1 Å². The van der Waals surface area contributed by atoms with Crippen molar-refractivity contribution in [3.05, 3.63) is 60.3 Å². The molecule has 0 bridgehead atoms. The number of imidazole rings is 1. The molecular formula is C19H21N5O. The SMILES string of the molecule is CC[C@@H]1CN(C)c2ccccc2CN1C(=O)c1nccn2ccnc12. The van der Waals surface area contributed by atoms with Crippen molar-refractivity contribution in [2.45, 2.75) is 25.9 Å². The lowest BCUT2D eigenvalue weighted by Gasteiger charge is -2.30. The number of nitrogens with zero attached hydrogens (tertiary/aromatic N) is 5. The van der Waals surface area contributed by atoms with Crippen molar-refractivity contribution in [1.82, 2.24) is 19.3 Å². The topological polar surface area (TPSA) is 53.7 Å². The van der Waals surface area contributed by atoms with E-state index in [-0.39, 0.29) is 11.9 Å². The van der Waals surface area contributed by atoms with Crippen molar-refractivity contribution in [2.75, 3.05) is 18.5 Å². The Morgan fingerprint density at radius 2 is 1.96 bits per heavy atom. The van der Waals surface area contributed by atoms with Crippen LogP contribution in [0.5, 0.6) is 0 Å². The molecule has 1 amide bonds. The molecule has 1 aliphatic rings. The van der Waals surface area contributed by atoms with Gasteiger partial charge in [0.25, 0.3) is 5.91 Å². The molecule has 0 spiro atoms. The highest BCUT2D eigenvalue weighted by molar-refractivity contribution is 5.98. The van der Waals surface area contributed by atoms with Gasteiger partial charge in [0.1, 0.15) is 0 Å². The van der Waals surface area contributed by atoms with E-state index in [4.69, 9.17) is 0 Å². The molecule has 1 atom stereocenters. The molecule has 0 saturated carbocycles. The van der Waals surface area contributed by atoms with Crippen molar-refractivity contribution >= 4 is 17.2 Å². The quantitative estimate of drug-likeness (QED) is 0.722. The fourth-order valence-electron chi connectivity index (χ4n) is 3.57. The number of anilines is 1. The average molecular weight is 335 g/mol. The van der Waals surface area contributed by atoms with Gasteiger partial charge in [-0.3, -0.25) is 4.79 Å². The zero-order valence-electron chi connectivity index (χ0n) is 14.5. The van der Waals surface area contributed by atoms with Gasteiger partial charge in [0, 0.05) is 56.7 Å². The van der Waals surface area contributed by atoms with E-state index in [1.165, 1.54) is 5.69 Å². The van der Waals surface area contributed by atoms with E-state index in [0.29, 0.717) is 17.9 Å². The monoisotopic (exact) mass is 335 g/mol. The number of amides is 1. The molecule has 0 aliphatic carbocycles. The molecule has 1 aliphatic heterocycles. The summed E-state index contributed by atoms with van der Waals surface area (Å²) in [6.07, 6.45) is 7.87. The van der Waals surface area contributed by atoms with Crippen LogP contribution in [0.3, 0.4) is 0 Å². The van der Waals surface area contributed by atoms with Crippen molar-refractivity contribution < 1.29 is 4.79 Å². The number of benzene rings is 1. The van der Waals surface area contributed by atoms with Crippen LogP contribution in [0.25, 0.3) is 5.65 Å². The number of hydrogen-bond acceptors (Lipinski definition) is 4. The first-order chi connectivity index (χ1) is 12.2. The Morgan fingerprint density at radius 3 is 2.76 bits per heavy atom. The van der Waals surface area contributed by atoms with Gasteiger partial charge in [-0.15, -0.1) is 0 Å². The van der Waals surface area contributed by atoms with Gasteiger partial charge in [-0.2, -0.15) is 0 Å². The second kappa shape index (κ2) is 6.20. The van der Waals surface area contributed by atoms with Crippen LogP contribution in [0, 0.1) is 0 Å². The normalized spacial score (nSPS) is 17.4. The summed E-state index contributed by atoms with van der Waals surface area (Å²) in [5, 5.41) is 0. The molecule has 128 valence electrons. The molecule has 0 unspecified atom stereocenters. The van der Waals surface area contributed by atoms with Crippen LogP contribution in [0.15, 0.2) is 49.1 Å². The minimum absolute atomic E-state index is 0.0613. The molecule has 0 fully saturated rings. The van der Waals surface area contributed by atoms with Crippen molar-refractivity contribution in [3.63, 3.8) is 0 Å². The minimum atomic E-state index is -0.0613. The summed E-state index contributed by atoms with van der Waals surface area (Å²) in [7, 11) is 2.09. The van der Waals surface area contributed by atoms with E-state index >= 15 is 0 Å². The van der Waals surface area contributed by atoms with E-state index in [0.717, 1.165) is 18.5 Å². The third-order valence-electron chi connectivity index (χ3n) is 4.91. The van der Waals surface area contributed by atoms with Gasteiger partial charge in [0.15, 0.2) is 11.3 Å². The summed E-state index contributed by atoms with van der Waals surface area (Å²) in [6.45, 7) is 3.51. The smallest absolute Gasteiger partial charge is 0.276 e. The predicted molar refractivity (Wildman–Crippen MR) is 96.7 cm³/mol. The molecule has 0 radical (unpaired) electrons. The molecule has 2 aromatic heterocycles. The molecule has 3 heterocycles. The Morgan fingerprint density at radius 1 is 1.20 bits per heavy atom. The van der Waals surface area contributed by atoms with Gasteiger partial charge in [-0.1, -0.05) is 25.1 Å². The highest BCUT2D eigenvalue weighted by Gasteiger charge is 2.31. The van der Waals surface area contributed by atoms with E-state index < -0.39 is 0 Å². The fourth-order valence-corrected chi connectivity index (χ4v) is 3.57. The molecule has 25 heavy (non-hydrogen) atoms. The molecule has 6 heteroatoms. The number of para-hydroxylation sites is 1. The summed E-state index contributed by atoms with van der Waals surface area (Å²) in [4.78, 5) is 26.2. The second-order valence-electron chi connectivity index (χ2n) is 6.44. The Hall–Kier alpha value is -2.89. The summed E-state index contributed by atoms with van der Waals surface area (Å²) in [5.74, 6) is -0.0613. The number of likely N-dealkylation sites (N-methyl/N-ethyl adjacent to an activating group) is 1. The number of carbonyl (C=O) groups is 1. The highest BCUT2D eigenvalue weighted by Crippen LogP contribution is 2.28. The van der Waals surface area contributed by atoms with Crippen LogP contribution in [-0.4, -0.2) is 44.8 Å². The van der Waals surface area contributed by atoms with Gasteiger partial charge >= 0.3 is 0 Å². The van der Waals surface area contributed by atoms with Gasteiger partial charge in [0.05, 0.1) is 0 Å². The molecule has 0 saturated heterocycles. The maximum Gasteiger partial charge on any atom is 0.276 e. The minimum Gasteiger partial charge on any atom is -0.372 e. The Labute approximate surface area is 146 Å². The lowest BCUT2D eigenvalue weighted by molar-refractivity contribution is 0.0663. The van der Waals surface area contributed by atoms with Gasteiger partial charge in [0.2, 0.25) is 0 Å². The average Bonchev–Trinajstić information content (AvgIpc) is 3.07. The highest BCUT2D eigenvalue weighted by atomic mass is 16.2. The van der Waals surface area contributed by atoms with Crippen LogP contribution in [0.2, 0.25) is 0 Å². The van der Waals surface area contributed by atoms with Crippen LogP contribution in [-0.2, 0) is 6.54 Å². The predicted octanol–water partition coefficient (Wildman–Crippen LogP) is 2.60. The van der Waals surface area contributed by atoms with Crippen molar-refractivity contribution in [3.8, 4) is 0 Å². The fraction of sp³-hybridized carbons (Fsp3) is 0.316. The number of carbonyl (C=O) groups excluding carboxylic acids is 1. The molecule has 1 aromatic carbocycles. The summed E-state index contributed by atoms with van der Waals surface area (Å²) in [6, 6.07) is 8.40. The largest absolute Gasteiger partial charge is 0.372 e. The summed E-state index contributed by atoms with van der Waals surface area (Å²) < 4.78 is 1.83. The number of fused-ring (bicyclic) bond motifs is 2. The van der Waals surface area contributed by atoms with Gasteiger partial charge < -0.3 is 14.2 Å².